The first-order chi connectivity index (χ1) is 8.55. The first-order valence-corrected chi connectivity index (χ1v) is 13.5. The maximum atomic E-state index is 6.37. The standard InChI is InChI=1S/C16H31OSi2/c1-11(2)13-10-14(19(7,8)9)16(17-18(5)6)15(13)12(3)4/h10-12,14H,1-9H3. The molecule has 0 aromatic heterocycles. The van der Waals surface area contributed by atoms with E-state index >= 15 is 0 Å². The zero-order chi connectivity index (χ0) is 15.0. The molecule has 0 saturated heterocycles. The third-order valence-electron chi connectivity index (χ3n) is 3.65. The molecule has 0 amide bonds. The lowest BCUT2D eigenvalue weighted by Crippen LogP contribution is -2.29. The Labute approximate surface area is 122 Å². The van der Waals surface area contributed by atoms with Gasteiger partial charge in [-0.2, -0.15) is 0 Å². The number of allylic oxidation sites excluding steroid dienone is 3. The van der Waals surface area contributed by atoms with Crippen LogP contribution in [0.1, 0.15) is 27.7 Å². The first-order valence-electron chi connectivity index (χ1n) is 7.49. The zero-order valence-corrected chi connectivity index (χ0v) is 16.2. The van der Waals surface area contributed by atoms with Gasteiger partial charge in [-0.25, -0.2) is 0 Å². The molecule has 0 aromatic rings. The quantitative estimate of drug-likeness (QED) is 0.611. The van der Waals surface area contributed by atoms with Crippen molar-refractivity contribution in [1.29, 1.82) is 0 Å². The molecule has 109 valence electrons. The topological polar surface area (TPSA) is 9.23 Å². The molecule has 1 rings (SSSR count). The van der Waals surface area contributed by atoms with Crippen molar-refractivity contribution < 1.29 is 4.43 Å². The van der Waals surface area contributed by atoms with E-state index in [4.69, 9.17) is 4.43 Å². The molecule has 1 nitrogen and oxygen atoms in total. The van der Waals surface area contributed by atoms with Crippen LogP contribution in [0, 0.1) is 11.8 Å². The largest absolute Gasteiger partial charge is 0.545 e. The van der Waals surface area contributed by atoms with Crippen LogP contribution >= 0.6 is 0 Å². The third kappa shape index (κ3) is 3.85. The Hall–Kier alpha value is -0.286. The second-order valence-electron chi connectivity index (χ2n) is 7.56. The molecule has 0 N–H and O–H groups in total. The molecule has 0 fully saturated rings. The molecule has 0 saturated carbocycles. The van der Waals surface area contributed by atoms with Crippen molar-refractivity contribution in [2.45, 2.75) is 66.0 Å². The van der Waals surface area contributed by atoms with E-state index in [1.54, 1.807) is 5.57 Å². The molecule has 19 heavy (non-hydrogen) atoms. The van der Waals surface area contributed by atoms with E-state index in [1.165, 1.54) is 11.3 Å². The average molecular weight is 296 g/mol. The SMILES string of the molecule is CC(C)C1=CC([Si](C)(C)C)C(O[Si](C)C)=C1C(C)C. The van der Waals surface area contributed by atoms with E-state index < -0.39 is 17.1 Å². The lowest BCUT2D eigenvalue weighted by atomic mass is 9.90. The fourth-order valence-electron chi connectivity index (χ4n) is 2.76. The Morgan fingerprint density at radius 3 is 1.89 bits per heavy atom. The molecule has 0 bridgehead atoms. The molecule has 0 spiro atoms. The fraction of sp³-hybridized carbons (Fsp3) is 0.750. The second kappa shape index (κ2) is 6.00. The maximum Gasteiger partial charge on any atom is 0.273 e. The van der Waals surface area contributed by atoms with Crippen molar-refractivity contribution in [1.82, 2.24) is 0 Å². The molecule has 0 aromatic carbocycles. The van der Waals surface area contributed by atoms with Crippen molar-refractivity contribution in [3.8, 4) is 0 Å². The Balaban J connectivity index is 3.33. The molecule has 0 aliphatic heterocycles. The Morgan fingerprint density at radius 2 is 1.58 bits per heavy atom. The van der Waals surface area contributed by atoms with Crippen molar-refractivity contribution >= 4 is 17.1 Å². The molecule has 1 unspecified atom stereocenters. The molecular weight excluding hydrogens is 264 g/mol. The highest BCUT2D eigenvalue weighted by Crippen LogP contribution is 2.47. The minimum Gasteiger partial charge on any atom is -0.545 e. The smallest absolute Gasteiger partial charge is 0.273 e. The van der Waals surface area contributed by atoms with Gasteiger partial charge in [-0.05, 0) is 36.1 Å². The van der Waals surface area contributed by atoms with E-state index in [2.05, 4.69) is 66.5 Å². The summed E-state index contributed by atoms with van der Waals surface area (Å²) in [5.74, 6) is 2.49. The van der Waals surface area contributed by atoms with Crippen LogP contribution in [0.5, 0.6) is 0 Å². The molecule has 3 heteroatoms. The second-order valence-corrected chi connectivity index (χ2v) is 14.9. The monoisotopic (exact) mass is 295 g/mol. The van der Waals surface area contributed by atoms with Crippen LogP contribution in [-0.2, 0) is 4.43 Å². The van der Waals surface area contributed by atoms with Crippen LogP contribution in [-0.4, -0.2) is 17.1 Å². The van der Waals surface area contributed by atoms with E-state index in [-0.39, 0.29) is 0 Å². The van der Waals surface area contributed by atoms with Gasteiger partial charge in [-0.1, -0.05) is 53.4 Å². The molecule has 1 aliphatic carbocycles. The molecular formula is C16H31OSi2. The highest BCUT2D eigenvalue weighted by atomic mass is 28.3. The van der Waals surface area contributed by atoms with Crippen LogP contribution < -0.4 is 0 Å². The van der Waals surface area contributed by atoms with E-state index in [1.807, 2.05) is 0 Å². The highest BCUT2D eigenvalue weighted by Gasteiger charge is 2.38. The number of hydrogen-bond acceptors (Lipinski definition) is 1. The normalized spacial score (nSPS) is 20.8. The Morgan fingerprint density at radius 1 is 1.05 bits per heavy atom. The average Bonchev–Trinajstić information content (AvgIpc) is 2.55. The highest BCUT2D eigenvalue weighted by molar-refractivity contribution is 6.78. The van der Waals surface area contributed by atoms with Crippen molar-refractivity contribution in [3.63, 3.8) is 0 Å². The summed E-state index contributed by atoms with van der Waals surface area (Å²) < 4.78 is 6.37. The van der Waals surface area contributed by atoms with Gasteiger partial charge >= 0.3 is 0 Å². The zero-order valence-electron chi connectivity index (χ0n) is 14.2. The number of rotatable bonds is 5. The third-order valence-corrected chi connectivity index (χ3v) is 6.57. The molecule has 1 atom stereocenters. The van der Waals surface area contributed by atoms with Gasteiger partial charge in [0.15, 0.2) is 0 Å². The predicted octanol–water partition coefficient (Wildman–Crippen LogP) is 5.47. The lowest BCUT2D eigenvalue weighted by molar-refractivity contribution is 0.418. The van der Waals surface area contributed by atoms with Gasteiger partial charge < -0.3 is 4.43 Å². The number of hydrogen-bond donors (Lipinski definition) is 0. The van der Waals surface area contributed by atoms with Gasteiger partial charge in [0, 0.05) is 5.54 Å². The van der Waals surface area contributed by atoms with Gasteiger partial charge in [-0.3, -0.25) is 0 Å². The summed E-state index contributed by atoms with van der Waals surface area (Å²) in [4.78, 5) is 0. The minimum absolute atomic E-state index is 0.561. The van der Waals surface area contributed by atoms with Crippen LogP contribution in [0.3, 0.4) is 0 Å². The summed E-state index contributed by atoms with van der Waals surface area (Å²) >= 11 is 0. The van der Waals surface area contributed by atoms with Crippen LogP contribution in [0.25, 0.3) is 0 Å². The maximum absolute atomic E-state index is 6.37. The summed E-state index contributed by atoms with van der Waals surface area (Å²) in [7, 11) is -1.97. The summed E-state index contributed by atoms with van der Waals surface area (Å²) in [5.41, 5.74) is 3.62. The van der Waals surface area contributed by atoms with Crippen molar-refractivity contribution in [2.75, 3.05) is 0 Å². The van der Waals surface area contributed by atoms with Crippen molar-refractivity contribution in [3.05, 3.63) is 23.0 Å². The van der Waals surface area contributed by atoms with E-state index in [0.29, 0.717) is 17.4 Å². The fourth-order valence-corrected chi connectivity index (χ4v) is 5.23. The minimum atomic E-state index is -1.27. The Bertz CT molecular complexity index is 384. The van der Waals surface area contributed by atoms with E-state index in [0.717, 1.165) is 0 Å². The summed E-state index contributed by atoms with van der Waals surface area (Å²) in [6.45, 7) is 21.1. The Kier molecular flexibility index (Phi) is 5.30. The summed E-state index contributed by atoms with van der Waals surface area (Å²) in [6, 6.07) is 0. The molecule has 1 aliphatic rings. The van der Waals surface area contributed by atoms with Gasteiger partial charge in [0.2, 0.25) is 0 Å². The van der Waals surface area contributed by atoms with E-state index in [9.17, 15) is 0 Å². The van der Waals surface area contributed by atoms with Crippen LogP contribution in [0.2, 0.25) is 38.3 Å². The van der Waals surface area contributed by atoms with Crippen molar-refractivity contribution in [2.24, 2.45) is 11.8 Å². The van der Waals surface area contributed by atoms with Crippen LogP contribution in [0.15, 0.2) is 23.0 Å². The first kappa shape index (κ1) is 16.8. The van der Waals surface area contributed by atoms with Crippen LogP contribution in [0.4, 0.5) is 0 Å². The molecule has 1 radical (unpaired) electrons. The predicted molar refractivity (Wildman–Crippen MR) is 90.4 cm³/mol. The lowest BCUT2D eigenvalue weighted by Gasteiger charge is -2.29. The molecule has 0 heterocycles. The van der Waals surface area contributed by atoms with Gasteiger partial charge in [-0.15, -0.1) is 0 Å². The van der Waals surface area contributed by atoms with Gasteiger partial charge in [0.25, 0.3) is 9.04 Å². The van der Waals surface area contributed by atoms with Gasteiger partial charge in [0.1, 0.15) is 0 Å². The van der Waals surface area contributed by atoms with Gasteiger partial charge in [0.05, 0.1) is 13.8 Å². The summed E-state index contributed by atoms with van der Waals surface area (Å²) in [5, 5.41) is 0. The summed E-state index contributed by atoms with van der Waals surface area (Å²) in [6.07, 6.45) is 2.53.